The average molecular weight is 319 g/mol. The molecule has 1 aromatic carbocycles. The number of nitrogens with zero attached hydrogens (tertiary/aromatic N) is 2. The summed E-state index contributed by atoms with van der Waals surface area (Å²) in [5.41, 5.74) is 1.41. The van der Waals surface area contributed by atoms with Crippen molar-refractivity contribution in [2.75, 3.05) is 33.4 Å². The molecule has 0 bridgehead atoms. The predicted molar refractivity (Wildman–Crippen MR) is 85.4 cm³/mol. The average Bonchev–Trinajstić information content (AvgIpc) is 2.88. The van der Waals surface area contributed by atoms with Crippen molar-refractivity contribution >= 4 is 16.9 Å². The number of amides is 1. The summed E-state index contributed by atoms with van der Waals surface area (Å²) < 4.78 is 12.5. The maximum atomic E-state index is 12.3. The van der Waals surface area contributed by atoms with Crippen LogP contribution in [0.15, 0.2) is 29.1 Å². The molecule has 23 heavy (non-hydrogen) atoms. The van der Waals surface area contributed by atoms with E-state index in [-0.39, 0.29) is 24.1 Å². The zero-order valence-electron chi connectivity index (χ0n) is 13.2. The number of nitrogens with one attached hydrogen (secondary N) is 1. The second kappa shape index (κ2) is 6.97. The molecule has 3 rings (SSSR count). The van der Waals surface area contributed by atoms with E-state index in [1.165, 1.54) is 0 Å². The van der Waals surface area contributed by atoms with Crippen molar-refractivity contribution in [1.82, 2.24) is 14.5 Å². The lowest BCUT2D eigenvalue weighted by Gasteiger charge is -2.27. The molecule has 1 saturated heterocycles. The van der Waals surface area contributed by atoms with Gasteiger partial charge >= 0.3 is 5.69 Å². The SMILES string of the molecule is CN(C[C@@H]1COCCO1)C(=O)CCn1c(=O)[nH]c2ccccc21. The van der Waals surface area contributed by atoms with Crippen LogP contribution in [-0.4, -0.2) is 59.9 Å². The molecule has 0 spiro atoms. The lowest BCUT2D eigenvalue weighted by atomic mass is 10.3. The van der Waals surface area contributed by atoms with Crippen LogP contribution in [0.25, 0.3) is 11.0 Å². The highest BCUT2D eigenvalue weighted by Crippen LogP contribution is 2.10. The summed E-state index contributed by atoms with van der Waals surface area (Å²) >= 11 is 0. The predicted octanol–water partition coefficient (Wildman–Crippen LogP) is 0.594. The maximum absolute atomic E-state index is 12.3. The number of para-hydroxylation sites is 2. The molecule has 1 N–H and O–H groups in total. The normalized spacial score (nSPS) is 18.2. The highest BCUT2D eigenvalue weighted by molar-refractivity contribution is 5.77. The Labute approximate surface area is 133 Å². The van der Waals surface area contributed by atoms with Gasteiger partial charge in [-0.05, 0) is 12.1 Å². The summed E-state index contributed by atoms with van der Waals surface area (Å²) in [5.74, 6) is -0.0173. The number of benzene rings is 1. The van der Waals surface area contributed by atoms with Crippen LogP contribution >= 0.6 is 0 Å². The number of fused-ring (bicyclic) bond motifs is 1. The fourth-order valence-corrected chi connectivity index (χ4v) is 2.78. The number of imidazole rings is 1. The van der Waals surface area contributed by atoms with Gasteiger partial charge in [-0.1, -0.05) is 12.1 Å². The minimum absolute atomic E-state index is 0.0173. The Morgan fingerprint density at radius 3 is 3.00 bits per heavy atom. The molecule has 1 aromatic heterocycles. The van der Waals surface area contributed by atoms with E-state index in [0.29, 0.717) is 32.9 Å². The zero-order valence-corrected chi connectivity index (χ0v) is 13.2. The number of hydrogen-bond donors (Lipinski definition) is 1. The van der Waals surface area contributed by atoms with Crippen molar-refractivity contribution in [3.05, 3.63) is 34.7 Å². The van der Waals surface area contributed by atoms with Gasteiger partial charge in [0.05, 0.1) is 37.0 Å². The van der Waals surface area contributed by atoms with Gasteiger partial charge in [0.1, 0.15) is 0 Å². The highest BCUT2D eigenvalue weighted by Gasteiger charge is 2.19. The van der Waals surface area contributed by atoms with Crippen LogP contribution in [0.1, 0.15) is 6.42 Å². The zero-order chi connectivity index (χ0) is 16.2. The van der Waals surface area contributed by atoms with Gasteiger partial charge < -0.3 is 19.4 Å². The molecule has 1 amide bonds. The molecule has 124 valence electrons. The van der Waals surface area contributed by atoms with E-state index >= 15 is 0 Å². The Bertz CT molecular complexity index is 730. The molecule has 0 aliphatic carbocycles. The molecule has 1 fully saturated rings. The third-order valence-electron chi connectivity index (χ3n) is 4.02. The van der Waals surface area contributed by atoms with Crippen LogP contribution in [-0.2, 0) is 20.8 Å². The fourth-order valence-electron chi connectivity index (χ4n) is 2.78. The standard InChI is InChI=1S/C16H21N3O4/c1-18(10-12-11-22-8-9-23-12)15(20)6-7-19-14-5-3-2-4-13(14)17-16(19)21/h2-5,12H,6-11H2,1H3,(H,17,21)/t12-/m1/s1. The van der Waals surface area contributed by atoms with Crippen LogP contribution in [0.5, 0.6) is 0 Å². The van der Waals surface area contributed by atoms with E-state index in [0.717, 1.165) is 11.0 Å². The quantitative estimate of drug-likeness (QED) is 0.875. The van der Waals surface area contributed by atoms with Gasteiger partial charge in [0.15, 0.2) is 0 Å². The Morgan fingerprint density at radius 2 is 2.22 bits per heavy atom. The molecule has 0 radical (unpaired) electrons. The summed E-state index contributed by atoms with van der Waals surface area (Å²) in [6.07, 6.45) is 0.194. The van der Waals surface area contributed by atoms with E-state index < -0.39 is 0 Å². The summed E-state index contributed by atoms with van der Waals surface area (Å²) in [5, 5.41) is 0. The molecule has 0 unspecified atom stereocenters. The summed E-state index contributed by atoms with van der Waals surface area (Å²) in [6, 6.07) is 7.46. The Balaban J connectivity index is 1.59. The van der Waals surface area contributed by atoms with Gasteiger partial charge in [0.25, 0.3) is 0 Å². The van der Waals surface area contributed by atoms with Crippen molar-refractivity contribution in [1.29, 1.82) is 0 Å². The van der Waals surface area contributed by atoms with E-state index in [9.17, 15) is 9.59 Å². The lowest BCUT2D eigenvalue weighted by Crippen LogP contribution is -2.41. The Morgan fingerprint density at radius 1 is 1.39 bits per heavy atom. The smallest absolute Gasteiger partial charge is 0.326 e. The molecular formula is C16H21N3O4. The van der Waals surface area contributed by atoms with Crippen LogP contribution in [0.3, 0.4) is 0 Å². The number of ether oxygens (including phenoxy) is 2. The Kier molecular flexibility index (Phi) is 4.78. The number of aryl methyl sites for hydroxylation is 1. The summed E-state index contributed by atoms with van der Waals surface area (Å²) in [4.78, 5) is 28.7. The number of aromatic amines is 1. The van der Waals surface area contributed by atoms with Gasteiger partial charge in [0, 0.05) is 26.6 Å². The van der Waals surface area contributed by atoms with E-state index in [2.05, 4.69) is 4.98 Å². The molecular weight excluding hydrogens is 298 g/mol. The first kappa shape index (κ1) is 15.8. The third-order valence-corrected chi connectivity index (χ3v) is 4.02. The number of carbonyl (C=O) groups excluding carboxylic acids is 1. The van der Waals surface area contributed by atoms with Crippen molar-refractivity contribution in [2.24, 2.45) is 0 Å². The van der Waals surface area contributed by atoms with Crippen LogP contribution in [0.2, 0.25) is 0 Å². The molecule has 1 aliphatic rings. The lowest BCUT2D eigenvalue weighted by molar-refractivity contribution is -0.136. The van der Waals surface area contributed by atoms with Crippen LogP contribution in [0.4, 0.5) is 0 Å². The summed E-state index contributed by atoms with van der Waals surface area (Å²) in [7, 11) is 1.75. The van der Waals surface area contributed by atoms with Crippen molar-refractivity contribution in [3.63, 3.8) is 0 Å². The number of hydrogen-bond acceptors (Lipinski definition) is 4. The van der Waals surface area contributed by atoms with Gasteiger partial charge in [0.2, 0.25) is 5.91 Å². The number of likely N-dealkylation sites (N-methyl/N-ethyl adjacent to an activating group) is 1. The van der Waals surface area contributed by atoms with E-state index in [1.54, 1.807) is 16.5 Å². The molecule has 1 aliphatic heterocycles. The first-order chi connectivity index (χ1) is 11.1. The first-order valence-electron chi connectivity index (χ1n) is 7.76. The van der Waals surface area contributed by atoms with Crippen LogP contribution in [0, 0.1) is 0 Å². The highest BCUT2D eigenvalue weighted by atomic mass is 16.6. The largest absolute Gasteiger partial charge is 0.376 e. The summed E-state index contributed by atoms with van der Waals surface area (Å²) in [6.45, 7) is 2.55. The van der Waals surface area contributed by atoms with Crippen molar-refractivity contribution in [3.8, 4) is 0 Å². The number of carbonyl (C=O) groups is 1. The number of rotatable bonds is 5. The van der Waals surface area contributed by atoms with E-state index in [4.69, 9.17) is 9.47 Å². The van der Waals surface area contributed by atoms with Gasteiger partial charge in [-0.25, -0.2) is 4.79 Å². The van der Waals surface area contributed by atoms with Gasteiger partial charge in [-0.15, -0.1) is 0 Å². The third kappa shape index (κ3) is 3.62. The molecule has 2 aromatic rings. The molecule has 0 saturated carbocycles. The Hall–Kier alpha value is -2.12. The van der Waals surface area contributed by atoms with Gasteiger partial charge in [-0.2, -0.15) is 0 Å². The van der Waals surface area contributed by atoms with Gasteiger partial charge in [-0.3, -0.25) is 9.36 Å². The van der Waals surface area contributed by atoms with Crippen molar-refractivity contribution in [2.45, 2.75) is 19.1 Å². The molecule has 2 heterocycles. The fraction of sp³-hybridized carbons (Fsp3) is 0.500. The second-order valence-corrected chi connectivity index (χ2v) is 5.69. The monoisotopic (exact) mass is 319 g/mol. The maximum Gasteiger partial charge on any atom is 0.326 e. The number of H-pyrrole nitrogens is 1. The van der Waals surface area contributed by atoms with Crippen LogP contribution < -0.4 is 5.69 Å². The topological polar surface area (TPSA) is 76.6 Å². The first-order valence-corrected chi connectivity index (χ1v) is 7.76. The molecule has 7 nitrogen and oxygen atoms in total. The minimum Gasteiger partial charge on any atom is -0.376 e. The minimum atomic E-state index is -0.189. The molecule has 1 atom stereocenters. The second-order valence-electron chi connectivity index (χ2n) is 5.69. The molecule has 7 heteroatoms. The number of aromatic nitrogens is 2. The van der Waals surface area contributed by atoms with Crippen molar-refractivity contribution < 1.29 is 14.3 Å². The van der Waals surface area contributed by atoms with E-state index in [1.807, 2.05) is 24.3 Å².